The predicted octanol–water partition coefficient (Wildman–Crippen LogP) is 3.52. The molecule has 3 rings (SSSR count). The Labute approximate surface area is 124 Å². The fourth-order valence-corrected chi connectivity index (χ4v) is 3.27. The highest BCUT2D eigenvalue weighted by Crippen LogP contribution is 2.34. The number of rotatable bonds is 4. The zero-order valence-electron chi connectivity index (χ0n) is 11.9. The van der Waals surface area contributed by atoms with E-state index in [-0.39, 0.29) is 6.04 Å². The van der Waals surface area contributed by atoms with E-state index in [0.717, 1.165) is 30.6 Å². The quantitative estimate of drug-likeness (QED) is 0.932. The Morgan fingerprint density at radius 2 is 1.67 bits per heavy atom. The first-order valence-corrected chi connectivity index (χ1v) is 7.37. The van der Waals surface area contributed by atoms with Crippen LogP contribution in [0.1, 0.15) is 24.3 Å². The van der Waals surface area contributed by atoms with Crippen molar-refractivity contribution in [1.82, 2.24) is 0 Å². The van der Waals surface area contributed by atoms with Gasteiger partial charge in [-0.25, -0.2) is 0 Å². The number of benzene rings is 2. The summed E-state index contributed by atoms with van der Waals surface area (Å²) < 4.78 is 0. The summed E-state index contributed by atoms with van der Waals surface area (Å²) in [5, 5.41) is 9.73. The van der Waals surface area contributed by atoms with E-state index in [1.807, 2.05) is 48.5 Å². The molecule has 1 heterocycles. The van der Waals surface area contributed by atoms with Crippen molar-refractivity contribution in [1.29, 1.82) is 0 Å². The van der Waals surface area contributed by atoms with Crippen molar-refractivity contribution in [2.75, 3.05) is 11.4 Å². The number of nitrogens with zero attached hydrogens (tertiary/aromatic N) is 1. The molecule has 1 fully saturated rings. The lowest BCUT2D eigenvalue weighted by Gasteiger charge is -2.31. The van der Waals surface area contributed by atoms with Gasteiger partial charge in [0.1, 0.15) is 5.92 Å². The van der Waals surface area contributed by atoms with Gasteiger partial charge >= 0.3 is 5.97 Å². The first-order valence-electron chi connectivity index (χ1n) is 7.37. The van der Waals surface area contributed by atoms with Crippen LogP contribution >= 0.6 is 0 Å². The molecule has 0 aromatic heterocycles. The van der Waals surface area contributed by atoms with Crippen molar-refractivity contribution in [3.05, 3.63) is 66.2 Å². The number of aliphatic carboxylic acids is 1. The van der Waals surface area contributed by atoms with Crippen molar-refractivity contribution in [3.8, 4) is 0 Å². The third-order valence-electron chi connectivity index (χ3n) is 4.20. The molecule has 1 N–H and O–H groups in total. The van der Waals surface area contributed by atoms with Crippen LogP contribution in [-0.4, -0.2) is 23.7 Å². The molecule has 1 aliphatic rings. The van der Waals surface area contributed by atoms with E-state index in [4.69, 9.17) is 0 Å². The first-order chi connectivity index (χ1) is 10.3. The molecule has 0 aliphatic carbocycles. The third-order valence-corrected chi connectivity index (χ3v) is 4.20. The lowest BCUT2D eigenvalue weighted by Crippen LogP contribution is -2.38. The minimum absolute atomic E-state index is 0.0206. The van der Waals surface area contributed by atoms with Crippen LogP contribution in [0.2, 0.25) is 0 Å². The second-order valence-corrected chi connectivity index (χ2v) is 5.47. The fraction of sp³-hybridized carbons (Fsp3) is 0.278. The van der Waals surface area contributed by atoms with Gasteiger partial charge in [-0.3, -0.25) is 4.79 Å². The van der Waals surface area contributed by atoms with Gasteiger partial charge in [-0.15, -0.1) is 0 Å². The monoisotopic (exact) mass is 281 g/mol. The van der Waals surface area contributed by atoms with Gasteiger partial charge in [0.15, 0.2) is 0 Å². The zero-order valence-corrected chi connectivity index (χ0v) is 11.9. The molecule has 2 aromatic carbocycles. The van der Waals surface area contributed by atoms with Gasteiger partial charge < -0.3 is 10.0 Å². The Morgan fingerprint density at radius 1 is 1.05 bits per heavy atom. The van der Waals surface area contributed by atoms with Crippen LogP contribution in [0.5, 0.6) is 0 Å². The Hall–Kier alpha value is -2.29. The molecule has 0 amide bonds. The molecule has 0 radical (unpaired) electrons. The third kappa shape index (κ3) is 2.77. The average Bonchev–Trinajstić information content (AvgIpc) is 2.98. The molecule has 0 bridgehead atoms. The summed E-state index contributed by atoms with van der Waals surface area (Å²) in [7, 11) is 0. The van der Waals surface area contributed by atoms with Crippen molar-refractivity contribution in [2.24, 2.45) is 0 Å². The normalized spacial score (nSPS) is 19.4. The number of carboxylic acid groups (broad SMARTS) is 1. The van der Waals surface area contributed by atoms with Gasteiger partial charge in [-0.1, -0.05) is 48.5 Å². The second kappa shape index (κ2) is 6.00. The Morgan fingerprint density at radius 3 is 2.29 bits per heavy atom. The van der Waals surface area contributed by atoms with Crippen molar-refractivity contribution < 1.29 is 9.90 Å². The minimum Gasteiger partial charge on any atom is -0.481 e. The number of hydrogen-bond donors (Lipinski definition) is 1. The molecule has 21 heavy (non-hydrogen) atoms. The summed E-state index contributed by atoms with van der Waals surface area (Å²) in [4.78, 5) is 14.1. The summed E-state index contributed by atoms with van der Waals surface area (Å²) >= 11 is 0. The highest BCUT2D eigenvalue weighted by Gasteiger charge is 2.37. The summed E-state index contributed by atoms with van der Waals surface area (Å²) in [5.41, 5.74) is 2.00. The molecule has 0 saturated carbocycles. The standard InChI is InChI=1S/C18H19NO2/c20-18(21)17(14-8-3-1-4-9-14)16-12-7-13-19(16)15-10-5-2-6-11-15/h1-6,8-11,16-17H,7,12-13H2,(H,20,21)/t16-,17+/m1/s1. The molecule has 1 aliphatic heterocycles. The maximum atomic E-state index is 11.8. The van der Waals surface area contributed by atoms with Crippen LogP contribution in [0.15, 0.2) is 60.7 Å². The first kappa shape index (κ1) is 13.7. The second-order valence-electron chi connectivity index (χ2n) is 5.47. The van der Waals surface area contributed by atoms with E-state index in [1.165, 1.54) is 0 Å². The molecular formula is C18H19NO2. The van der Waals surface area contributed by atoms with Crippen LogP contribution in [0.4, 0.5) is 5.69 Å². The molecule has 2 atom stereocenters. The van der Waals surface area contributed by atoms with E-state index < -0.39 is 11.9 Å². The van der Waals surface area contributed by atoms with Gasteiger partial charge in [0.05, 0.1) is 0 Å². The molecule has 2 aromatic rings. The van der Waals surface area contributed by atoms with Crippen LogP contribution in [-0.2, 0) is 4.79 Å². The molecule has 1 saturated heterocycles. The van der Waals surface area contributed by atoms with Crippen LogP contribution in [0, 0.1) is 0 Å². The Balaban J connectivity index is 1.94. The topological polar surface area (TPSA) is 40.5 Å². The zero-order chi connectivity index (χ0) is 14.7. The number of anilines is 1. The highest BCUT2D eigenvalue weighted by molar-refractivity contribution is 5.78. The number of carbonyl (C=O) groups is 1. The molecule has 3 heteroatoms. The van der Waals surface area contributed by atoms with E-state index in [2.05, 4.69) is 17.0 Å². The van der Waals surface area contributed by atoms with E-state index >= 15 is 0 Å². The maximum Gasteiger partial charge on any atom is 0.313 e. The van der Waals surface area contributed by atoms with Crippen LogP contribution in [0.3, 0.4) is 0 Å². The van der Waals surface area contributed by atoms with Crippen molar-refractivity contribution in [2.45, 2.75) is 24.8 Å². The lowest BCUT2D eigenvalue weighted by molar-refractivity contribution is -0.139. The summed E-state index contributed by atoms with van der Waals surface area (Å²) in [6.07, 6.45) is 1.96. The molecule has 0 unspecified atom stereocenters. The van der Waals surface area contributed by atoms with Crippen LogP contribution in [0.25, 0.3) is 0 Å². The molecule has 3 nitrogen and oxygen atoms in total. The molecule has 0 spiro atoms. The molecule has 108 valence electrons. The van der Waals surface area contributed by atoms with Gasteiger partial charge in [0.2, 0.25) is 0 Å². The fourth-order valence-electron chi connectivity index (χ4n) is 3.27. The minimum atomic E-state index is -0.742. The number of para-hydroxylation sites is 1. The number of carboxylic acids is 1. The van der Waals surface area contributed by atoms with E-state index in [1.54, 1.807) is 0 Å². The van der Waals surface area contributed by atoms with Crippen molar-refractivity contribution in [3.63, 3.8) is 0 Å². The Kier molecular flexibility index (Phi) is 3.91. The van der Waals surface area contributed by atoms with Gasteiger partial charge in [-0.2, -0.15) is 0 Å². The largest absolute Gasteiger partial charge is 0.481 e. The van der Waals surface area contributed by atoms with Crippen LogP contribution < -0.4 is 4.90 Å². The smallest absolute Gasteiger partial charge is 0.313 e. The summed E-state index contributed by atoms with van der Waals surface area (Å²) in [6, 6.07) is 19.7. The predicted molar refractivity (Wildman–Crippen MR) is 83.6 cm³/mol. The number of hydrogen-bond acceptors (Lipinski definition) is 2. The summed E-state index contributed by atoms with van der Waals surface area (Å²) in [5.74, 6) is -1.22. The van der Waals surface area contributed by atoms with Gasteiger partial charge in [0.25, 0.3) is 0 Å². The lowest BCUT2D eigenvalue weighted by atomic mass is 9.89. The van der Waals surface area contributed by atoms with E-state index in [9.17, 15) is 9.90 Å². The molecular weight excluding hydrogens is 262 g/mol. The summed E-state index contributed by atoms with van der Waals surface area (Å²) in [6.45, 7) is 0.922. The average molecular weight is 281 g/mol. The SMILES string of the molecule is O=C(O)[C@@H](c1ccccc1)[C@H]1CCCN1c1ccccc1. The highest BCUT2D eigenvalue weighted by atomic mass is 16.4. The maximum absolute atomic E-state index is 11.8. The Bertz CT molecular complexity index is 597. The van der Waals surface area contributed by atoms with Gasteiger partial charge in [-0.05, 0) is 30.5 Å². The van der Waals surface area contributed by atoms with Crippen molar-refractivity contribution >= 4 is 11.7 Å². The van der Waals surface area contributed by atoms with E-state index in [0.29, 0.717) is 0 Å². The van der Waals surface area contributed by atoms with Gasteiger partial charge in [0, 0.05) is 18.3 Å².